The Bertz CT molecular complexity index is 792. The Morgan fingerprint density at radius 3 is 1.88 bits per heavy atom. The number of carbonyl (C=O) groups is 1. The molecule has 2 aliphatic carbocycles. The van der Waals surface area contributed by atoms with E-state index in [1.54, 1.807) is 0 Å². The van der Waals surface area contributed by atoms with Crippen molar-refractivity contribution in [2.45, 2.75) is 59.2 Å². The van der Waals surface area contributed by atoms with Crippen molar-refractivity contribution in [3.8, 4) is 0 Å². The Labute approximate surface area is 170 Å². The lowest BCUT2D eigenvalue weighted by Gasteiger charge is -2.00. The molecule has 2 fully saturated rings. The van der Waals surface area contributed by atoms with E-state index in [-0.39, 0.29) is 6.61 Å². The number of hydrogen-bond donors (Lipinski definition) is 1. The van der Waals surface area contributed by atoms with Gasteiger partial charge in [0.15, 0.2) is 6.29 Å². The van der Waals surface area contributed by atoms with Crippen LogP contribution in [0.4, 0.5) is 0 Å². The highest BCUT2D eigenvalue weighted by atomic mass is 79.9. The second kappa shape index (κ2) is 8.35. The van der Waals surface area contributed by atoms with Gasteiger partial charge < -0.3 is 5.11 Å². The van der Waals surface area contributed by atoms with E-state index in [1.165, 1.54) is 25.7 Å². The molecule has 0 spiro atoms. The van der Waals surface area contributed by atoms with Gasteiger partial charge in [-0.2, -0.15) is 10.2 Å². The van der Waals surface area contributed by atoms with Crippen molar-refractivity contribution < 1.29 is 9.90 Å². The Morgan fingerprint density at radius 2 is 1.50 bits per heavy atom. The highest BCUT2D eigenvalue weighted by Crippen LogP contribution is 2.33. The van der Waals surface area contributed by atoms with Crippen molar-refractivity contribution in [2.75, 3.05) is 0 Å². The molecular weight excluding hydrogens is 464 g/mol. The van der Waals surface area contributed by atoms with Gasteiger partial charge in [-0.25, -0.2) is 0 Å². The zero-order chi connectivity index (χ0) is 18.8. The minimum absolute atomic E-state index is 0.0666. The number of aryl methyl sites for hydroxylation is 2. The summed E-state index contributed by atoms with van der Waals surface area (Å²) in [4.78, 5) is 10.7. The average molecular weight is 488 g/mol. The smallest absolute Gasteiger partial charge is 0.154 e. The van der Waals surface area contributed by atoms with Gasteiger partial charge in [0.25, 0.3) is 0 Å². The van der Waals surface area contributed by atoms with Gasteiger partial charge in [0.2, 0.25) is 0 Å². The van der Waals surface area contributed by atoms with Gasteiger partial charge in [0, 0.05) is 18.7 Å². The van der Waals surface area contributed by atoms with Crippen LogP contribution < -0.4 is 0 Å². The third kappa shape index (κ3) is 4.64. The van der Waals surface area contributed by atoms with Crippen LogP contribution in [0.3, 0.4) is 0 Å². The second-order valence-electron chi connectivity index (χ2n) is 7.17. The van der Waals surface area contributed by atoms with E-state index in [9.17, 15) is 4.79 Å². The van der Waals surface area contributed by atoms with Crippen molar-refractivity contribution in [3.05, 3.63) is 31.7 Å². The molecule has 0 aromatic carbocycles. The molecule has 26 heavy (non-hydrogen) atoms. The minimum atomic E-state index is 0.0666. The summed E-state index contributed by atoms with van der Waals surface area (Å²) in [5, 5.41) is 17.7. The topological polar surface area (TPSA) is 72.9 Å². The van der Waals surface area contributed by atoms with Crippen molar-refractivity contribution >= 4 is 38.1 Å². The third-order valence-corrected chi connectivity index (χ3v) is 6.55. The molecule has 1 N–H and O–H groups in total. The van der Waals surface area contributed by atoms with Gasteiger partial charge in [0.05, 0.1) is 23.6 Å². The first-order valence-corrected chi connectivity index (χ1v) is 10.5. The molecule has 2 heterocycles. The van der Waals surface area contributed by atoms with Crippen LogP contribution >= 0.6 is 31.9 Å². The highest BCUT2D eigenvalue weighted by molar-refractivity contribution is 9.10. The Morgan fingerprint density at radius 1 is 1.00 bits per heavy atom. The quantitative estimate of drug-likeness (QED) is 0.624. The molecule has 142 valence electrons. The monoisotopic (exact) mass is 486 g/mol. The number of aldehydes is 1. The van der Waals surface area contributed by atoms with Crippen molar-refractivity contribution in [1.29, 1.82) is 0 Å². The lowest BCUT2D eigenvalue weighted by atomic mass is 10.3. The minimum Gasteiger partial charge on any atom is -0.392 e. The fraction of sp³-hybridized carbons (Fsp3) is 0.611. The van der Waals surface area contributed by atoms with Gasteiger partial charge >= 0.3 is 0 Å². The summed E-state index contributed by atoms with van der Waals surface area (Å²) in [5.41, 5.74) is 3.33. The number of aliphatic hydroxyl groups excluding tert-OH is 1. The number of hydrogen-bond acceptors (Lipinski definition) is 4. The first-order valence-electron chi connectivity index (χ1n) is 8.95. The zero-order valence-corrected chi connectivity index (χ0v) is 18.3. The van der Waals surface area contributed by atoms with Crippen LogP contribution in [0.1, 0.15) is 53.0 Å². The fourth-order valence-corrected chi connectivity index (χ4v) is 4.04. The molecule has 0 atom stereocenters. The Hall–Kier alpha value is -0.990. The summed E-state index contributed by atoms with van der Waals surface area (Å²) in [5.74, 6) is 1.58. The summed E-state index contributed by atoms with van der Waals surface area (Å²) >= 11 is 6.85. The average Bonchev–Trinajstić information content (AvgIpc) is 3.50. The van der Waals surface area contributed by atoms with E-state index in [0.29, 0.717) is 5.56 Å². The van der Waals surface area contributed by atoms with Crippen LogP contribution in [0.25, 0.3) is 0 Å². The van der Waals surface area contributed by atoms with Crippen LogP contribution in [-0.4, -0.2) is 31.0 Å². The SMILES string of the molecule is Cc1nn(CC2CC2)c(Br)c1C=O.Cc1nn(CC2CC2)c(Br)c1CO. The van der Waals surface area contributed by atoms with E-state index in [1.807, 2.05) is 23.2 Å². The van der Waals surface area contributed by atoms with Gasteiger partial charge in [-0.15, -0.1) is 0 Å². The maximum absolute atomic E-state index is 10.7. The van der Waals surface area contributed by atoms with Crippen molar-refractivity contribution in [1.82, 2.24) is 19.6 Å². The molecule has 6 nitrogen and oxygen atoms in total. The predicted octanol–water partition coefficient (Wildman–Crippen LogP) is 4.03. The molecule has 0 radical (unpaired) electrons. The van der Waals surface area contributed by atoms with Crippen LogP contribution in [-0.2, 0) is 19.7 Å². The van der Waals surface area contributed by atoms with Gasteiger partial charge in [0.1, 0.15) is 9.21 Å². The van der Waals surface area contributed by atoms with Gasteiger partial charge in [-0.05, 0) is 83.2 Å². The first-order chi connectivity index (χ1) is 12.4. The predicted molar refractivity (Wildman–Crippen MR) is 106 cm³/mol. The maximum Gasteiger partial charge on any atom is 0.154 e. The number of halogens is 2. The molecule has 0 aliphatic heterocycles. The number of aliphatic hydroxyl groups is 1. The molecule has 0 unspecified atom stereocenters. The van der Waals surface area contributed by atoms with Gasteiger partial charge in [-0.3, -0.25) is 14.2 Å². The first kappa shape index (κ1) is 19.8. The van der Waals surface area contributed by atoms with Crippen molar-refractivity contribution in [2.24, 2.45) is 11.8 Å². The molecule has 8 heteroatoms. The Balaban J connectivity index is 0.000000151. The molecule has 2 saturated carbocycles. The summed E-state index contributed by atoms with van der Waals surface area (Å²) in [6.07, 6.45) is 6.08. The lowest BCUT2D eigenvalue weighted by molar-refractivity contribution is 0.112. The molecular formula is C18H24Br2N4O2. The number of nitrogens with zero attached hydrogens (tertiary/aromatic N) is 4. The Kier molecular flexibility index (Phi) is 6.35. The highest BCUT2D eigenvalue weighted by Gasteiger charge is 2.25. The number of rotatable bonds is 6. The molecule has 0 bridgehead atoms. The van der Waals surface area contributed by atoms with E-state index in [4.69, 9.17) is 5.11 Å². The van der Waals surface area contributed by atoms with Crippen molar-refractivity contribution in [3.63, 3.8) is 0 Å². The normalized spacial score (nSPS) is 16.3. The summed E-state index contributed by atoms with van der Waals surface area (Å²) < 4.78 is 5.61. The van der Waals surface area contributed by atoms with Crippen LogP contribution in [0.15, 0.2) is 9.21 Å². The number of carbonyl (C=O) groups excluding carboxylic acids is 1. The third-order valence-electron chi connectivity index (χ3n) is 4.82. The molecule has 0 saturated heterocycles. The fourth-order valence-electron chi connectivity index (χ4n) is 2.80. The molecule has 2 aromatic heterocycles. The lowest BCUT2D eigenvalue weighted by Crippen LogP contribution is -2.02. The van der Waals surface area contributed by atoms with Crippen LogP contribution in [0.2, 0.25) is 0 Å². The summed E-state index contributed by atoms with van der Waals surface area (Å²) in [7, 11) is 0. The summed E-state index contributed by atoms with van der Waals surface area (Å²) in [6, 6.07) is 0. The molecule has 2 aliphatic rings. The van der Waals surface area contributed by atoms with E-state index in [2.05, 4.69) is 42.1 Å². The zero-order valence-electron chi connectivity index (χ0n) is 15.1. The van der Waals surface area contributed by atoms with E-state index in [0.717, 1.165) is 57.4 Å². The van der Waals surface area contributed by atoms with E-state index < -0.39 is 0 Å². The molecule has 0 amide bonds. The molecule has 2 aromatic rings. The maximum atomic E-state index is 10.7. The number of aromatic nitrogens is 4. The van der Waals surface area contributed by atoms with Gasteiger partial charge in [-0.1, -0.05) is 0 Å². The second-order valence-corrected chi connectivity index (χ2v) is 8.67. The summed E-state index contributed by atoms with van der Waals surface area (Å²) in [6.45, 7) is 5.78. The molecule has 4 rings (SSSR count). The largest absolute Gasteiger partial charge is 0.392 e. The van der Waals surface area contributed by atoms with Crippen LogP contribution in [0.5, 0.6) is 0 Å². The van der Waals surface area contributed by atoms with Crippen LogP contribution in [0, 0.1) is 25.7 Å². The van der Waals surface area contributed by atoms with E-state index >= 15 is 0 Å². The standard InChI is InChI=1S/C9H13BrN2O.C9H11BrN2O/c2*1-6-8(5-13)9(10)12(11-6)4-7-2-3-7/h7,13H,2-5H2,1H3;5,7H,2-4H2,1H3.